The number of thiophene rings is 1. The fourth-order valence-electron chi connectivity index (χ4n) is 2.23. The Morgan fingerprint density at radius 3 is 2.52 bits per heavy atom. The maximum atomic E-state index is 12.4. The van der Waals surface area contributed by atoms with Crippen LogP contribution < -0.4 is 14.8 Å². The number of rotatable bonds is 7. The number of benzene rings is 1. The van der Waals surface area contributed by atoms with Crippen molar-refractivity contribution in [3.8, 4) is 22.6 Å². The summed E-state index contributed by atoms with van der Waals surface area (Å²) >= 11 is 5.98. The van der Waals surface area contributed by atoms with Crippen LogP contribution in [0.3, 0.4) is 0 Å². The summed E-state index contributed by atoms with van der Waals surface area (Å²) in [5.74, 6) is 0.177. The molecule has 25 heavy (non-hydrogen) atoms. The third-order valence-corrected chi connectivity index (χ3v) is 4.51. The Morgan fingerprint density at radius 2 is 1.92 bits per heavy atom. The van der Waals surface area contributed by atoms with E-state index in [4.69, 9.17) is 26.8 Å². The monoisotopic (exact) mass is 380 g/mol. The number of ether oxygens (including phenoxy) is 3. The number of methoxy groups -OCH3 is 2. The molecule has 1 radical (unpaired) electrons. The average Bonchev–Trinajstić information content (AvgIpc) is 3.04. The minimum Gasteiger partial charge on any atom is -0.493 e. The Balaban J connectivity index is 2.53. The van der Waals surface area contributed by atoms with Crippen LogP contribution in [0.5, 0.6) is 11.5 Å². The molecule has 0 saturated carbocycles. The first-order valence-corrected chi connectivity index (χ1v) is 8.90. The fraction of sp³-hybridized carbons (Fsp3) is 0.294. The van der Waals surface area contributed by atoms with Crippen molar-refractivity contribution in [1.82, 2.24) is 0 Å². The number of carbonyl (C=O) groups is 2. The average molecular weight is 380 g/mol. The summed E-state index contributed by atoms with van der Waals surface area (Å²) in [5, 5.41) is 4.86. The molecule has 8 heteroatoms. The molecular weight excluding hydrogens is 362 g/mol. The molecule has 0 aliphatic carbocycles. The van der Waals surface area contributed by atoms with Gasteiger partial charge in [0.2, 0.25) is 5.91 Å². The van der Waals surface area contributed by atoms with E-state index in [0.29, 0.717) is 27.6 Å². The quantitative estimate of drug-likeness (QED) is 0.741. The smallest absolute Gasteiger partial charge is 0.341 e. The SMILES string of the molecule is CCOC(=O)c1c(-c2ccc(OC)c(OC)c2)csc1NC(=O)C[S]. The maximum Gasteiger partial charge on any atom is 0.341 e. The van der Waals surface area contributed by atoms with E-state index in [1.54, 1.807) is 31.5 Å². The summed E-state index contributed by atoms with van der Waals surface area (Å²) in [6, 6.07) is 5.33. The molecule has 1 N–H and O–H groups in total. The first-order valence-electron chi connectivity index (χ1n) is 7.44. The van der Waals surface area contributed by atoms with Crippen molar-refractivity contribution in [2.24, 2.45) is 0 Å². The lowest BCUT2D eigenvalue weighted by Crippen LogP contribution is -2.15. The van der Waals surface area contributed by atoms with Crippen molar-refractivity contribution < 1.29 is 23.8 Å². The predicted molar refractivity (Wildman–Crippen MR) is 99.9 cm³/mol. The van der Waals surface area contributed by atoms with Crippen LogP contribution in [0.25, 0.3) is 11.1 Å². The maximum absolute atomic E-state index is 12.4. The van der Waals surface area contributed by atoms with Gasteiger partial charge >= 0.3 is 5.97 Å². The van der Waals surface area contributed by atoms with Gasteiger partial charge < -0.3 is 19.5 Å². The molecule has 1 aromatic heterocycles. The Hall–Kier alpha value is -2.19. The van der Waals surface area contributed by atoms with Crippen LogP contribution >= 0.6 is 24.0 Å². The molecule has 0 unspecified atom stereocenters. The number of hydrogen-bond donors (Lipinski definition) is 1. The zero-order valence-corrected chi connectivity index (χ0v) is 15.7. The van der Waals surface area contributed by atoms with Gasteiger partial charge in [-0.25, -0.2) is 4.79 Å². The number of anilines is 1. The van der Waals surface area contributed by atoms with Gasteiger partial charge in [0.25, 0.3) is 0 Å². The highest BCUT2D eigenvalue weighted by Gasteiger charge is 2.23. The van der Waals surface area contributed by atoms with Crippen LogP contribution in [0, 0.1) is 0 Å². The van der Waals surface area contributed by atoms with Crippen molar-refractivity contribution in [2.75, 3.05) is 31.9 Å². The molecule has 1 amide bonds. The van der Waals surface area contributed by atoms with E-state index in [1.807, 2.05) is 6.07 Å². The first kappa shape index (κ1) is 19.1. The second kappa shape index (κ2) is 8.77. The second-order valence-corrected chi connectivity index (χ2v) is 6.00. The molecule has 0 atom stereocenters. The molecule has 6 nitrogen and oxygen atoms in total. The van der Waals surface area contributed by atoms with Gasteiger partial charge in [-0.05, 0) is 24.6 Å². The van der Waals surface area contributed by atoms with Gasteiger partial charge in [0.05, 0.1) is 26.6 Å². The normalized spacial score (nSPS) is 10.2. The van der Waals surface area contributed by atoms with Gasteiger partial charge in [-0.3, -0.25) is 4.79 Å². The van der Waals surface area contributed by atoms with Gasteiger partial charge in [-0.2, -0.15) is 0 Å². The highest BCUT2D eigenvalue weighted by molar-refractivity contribution is 7.81. The van der Waals surface area contributed by atoms with Crippen molar-refractivity contribution in [3.63, 3.8) is 0 Å². The van der Waals surface area contributed by atoms with E-state index < -0.39 is 5.97 Å². The zero-order chi connectivity index (χ0) is 18.4. The number of amides is 1. The van der Waals surface area contributed by atoms with Crippen LogP contribution in [0.4, 0.5) is 5.00 Å². The summed E-state index contributed by atoms with van der Waals surface area (Å²) in [5.41, 5.74) is 1.69. The van der Waals surface area contributed by atoms with Gasteiger partial charge in [-0.1, -0.05) is 18.7 Å². The largest absolute Gasteiger partial charge is 0.493 e. The summed E-state index contributed by atoms with van der Waals surface area (Å²) in [4.78, 5) is 24.1. The van der Waals surface area contributed by atoms with Gasteiger partial charge in [0.1, 0.15) is 10.6 Å². The number of hydrogen-bond acceptors (Lipinski definition) is 6. The van der Waals surface area contributed by atoms with E-state index in [9.17, 15) is 9.59 Å². The summed E-state index contributed by atoms with van der Waals surface area (Å²) < 4.78 is 15.7. The minimum absolute atomic E-state index is 0.0914. The predicted octanol–water partition coefficient (Wildman–Crippen LogP) is 3.75. The standard InChI is InChI=1S/C17H18NO5S2/c1-4-23-17(20)15-11(9-25-16(15)18-14(19)8-24)10-5-6-12(21-2)13(7-10)22-3/h5-7,9H,4,8H2,1-3H3,(H,18,19). The van der Waals surface area contributed by atoms with Gasteiger partial charge in [0, 0.05) is 10.9 Å². The third kappa shape index (κ3) is 4.26. The van der Waals surface area contributed by atoms with Crippen LogP contribution in [-0.2, 0) is 9.53 Å². The van der Waals surface area contributed by atoms with Crippen LogP contribution in [-0.4, -0.2) is 38.5 Å². The second-order valence-electron chi connectivity index (χ2n) is 4.84. The zero-order valence-electron chi connectivity index (χ0n) is 14.1. The Labute approximate surface area is 155 Å². The Bertz CT molecular complexity index is 772. The highest BCUT2D eigenvalue weighted by Crippen LogP contribution is 2.39. The number of nitrogens with one attached hydrogen (secondary N) is 1. The van der Waals surface area contributed by atoms with Gasteiger partial charge in [0.15, 0.2) is 11.5 Å². The molecule has 2 aromatic rings. The molecule has 1 aromatic carbocycles. The van der Waals surface area contributed by atoms with Crippen molar-refractivity contribution in [3.05, 3.63) is 29.1 Å². The topological polar surface area (TPSA) is 73.9 Å². The van der Waals surface area contributed by atoms with Crippen LogP contribution in [0.15, 0.2) is 23.6 Å². The molecule has 133 valence electrons. The lowest BCUT2D eigenvalue weighted by Gasteiger charge is -2.11. The Kier molecular flexibility index (Phi) is 6.72. The molecule has 0 aliphatic heterocycles. The van der Waals surface area contributed by atoms with Gasteiger partial charge in [-0.15, -0.1) is 11.3 Å². The van der Waals surface area contributed by atoms with Crippen LogP contribution in [0.2, 0.25) is 0 Å². The van der Waals surface area contributed by atoms with Crippen molar-refractivity contribution in [1.29, 1.82) is 0 Å². The minimum atomic E-state index is -0.506. The molecule has 1 heterocycles. The number of esters is 1. The van der Waals surface area contributed by atoms with E-state index in [-0.39, 0.29) is 18.3 Å². The fourth-order valence-corrected chi connectivity index (χ4v) is 3.28. The summed E-state index contributed by atoms with van der Waals surface area (Å²) in [6.45, 7) is 1.95. The van der Waals surface area contributed by atoms with Crippen LogP contribution in [0.1, 0.15) is 17.3 Å². The highest BCUT2D eigenvalue weighted by atomic mass is 32.1. The molecule has 0 fully saturated rings. The third-order valence-electron chi connectivity index (χ3n) is 3.35. The van der Waals surface area contributed by atoms with Crippen molar-refractivity contribution in [2.45, 2.75) is 6.92 Å². The molecule has 0 saturated heterocycles. The molecule has 0 bridgehead atoms. The molecule has 0 spiro atoms. The number of carbonyl (C=O) groups excluding carboxylic acids is 2. The van der Waals surface area contributed by atoms with E-state index in [1.165, 1.54) is 18.4 Å². The Morgan fingerprint density at radius 1 is 1.20 bits per heavy atom. The molecule has 2 rings (SSSR count). The van der Waals surface area contributed by atoms with E-state index in [0.717, 1.165) is 5.56 Å². The van der Waals surface area contributed by atoms with Crippen molar-refractivity contribution >= 4 is 40.8 Å². The summed E-state index contributed by atoms with van der Waals surface area (Å²) in [7, 11) is 3.09. The first-order chi connectivity index (χ1) is 12.0. The van der Waals surface area contributed by atoms with E-state index >= 15 is 0 Å². The molecular formula is C17H18NO5S2. The lowest BCUT2D eigenvalue weighted by atomic mass is 10.0. The van der Waals surface area contributed by atoms with E-state index in [2.05, 4.69) is 5.32 Å². The summed E-state index contributed by atoms with van der Waals surface area (Å²) in [6.07, 6.45) is 0. The lowest BCUT2D eigenvalue weighted by molar-refractivity contribution is -0.113. The molecule has 0 aliphatic rings.